The van der Waals surface area contributed by atoms with Crippen LogP contribution >= 0.6 is 0 Å². The number of aliphatic hydroxyl groups excluding tert-OH is 1. The Balaban J connectivity index is 2.08. The van der Waals surface area contributed by atoms with Crippen LogP contribution in [-0.2, 0) is 6.54 Å². The molecule has 0 aliphatic rings. The second-order valence-corrected chi connectivity index (χ2v) is 6.00. The van der Waals surface area contributed by atoms with Crippen molar-refractivity contribution in [3.63, 3.8) is 0 Å². The first-order valence-electron chi connectivity index (χ1n) is 8.31. The molecule has 0 spiro atoms. The summed E-state index contributed by atoms with van der Waals surface area (Å²) in [6, 6.07) is 7.60. The number of hydrogen-bond donors (Lipinski definition) is 2. The highest BCUT2D eigenvalue weighted by Gasteiger charge is 2.12. The number of hydrogen-bond acceptors (Lipinski definition) is 3. The zero-order chi connectivity index (χ0) is 17.5. The van der Waals surface area contributed by atoms with E-state index in [0.717, 1.165) is 17.1 Å². The minimum absolute atomic E-state index is 0.0418. The Morgan fingerprint density at radius 2 is 2.21 bits per heavy atom. The summed E-state index contributed by atoms with van der Waals surface area (Å²) in [5.41, 5.74) is 1.85. The van der Waals surface area contributed by atoms with Gasteiger partial charge < -0.3 is 19.9 Å². The van der Waals surface area contributed by atoms with Crippen molar-refractivity contribution in [2.75, 3.05) is 25.0 Å². The SMILES string of the molecule is CCN(CCO)C(=O)Nc1cccc(Cn2ccnc2C(C)C)c1. The Kier molecular flexibility index (Phi) is 6.37. The number of rotatable bonds is 7. The number of benzene rings is 1. The molecule has 2 aromatic rings. The largest absolute Gasteiger partial charge is 0.395 e. The molecule has 1 aromatic carbocycles. The molecule has 24 heavy (non-hydrogen) atoms. The maximum atomic E-state index is 12.2. The van der Waals surface area contributed by atoms with Gasteiger partial charge in [-0.25, -0.2) is 9.78 Å². The summed E-state index contributed by atoms with van der Waals surface area (Å²) in [5.74, 6) is 1.41. The smallest absolute Gasteiger partial charge is 0.321 e. The summed E-state index contributed by atoms with van der Waals surface area (Å²) in [5, 5.41) is 11.9. The van der Waals surface area contributed by atoms with E-state index in [1.54, 1.807) is 4.90 Å². The summed E-state index contributed by atoms with van der Waals surface area (Å²) in [4.78, 5) is 18.2. The number of nitrogens with one attached hydrogen (secondary N) is 1. The maximum absolute atomic E-state index is 12.2. The van der Waals surface area contributed by atoms with E-state index in [4.69, 9.17) is 5.11 Å². The van der Waals surface area contributed by atoms with E-state index >= 15 is 0 Å². The Labute approximate surface area is 143 Å². The van der Waals surface area contributed by atoms with Crippen molar-refractivity contribution < 1.29 is 9.90 Å². The Hall–Kier alpha value is -2.34. The molecule has 0 unspecified atom stereocenters. The summed E-state index contributed by atoms with van der Waals surface area (Å²) >= 11 is 0. The van der Waals surface area contributed by atoms with E-state index in [1.165, 1.54) is 0 Å². The molecule has 0 fully saturated rings. The molecule has 6 heteroatoms. The van der Waals surface area contributed by atoms with Crippen LogP contribution in [0.4, 0.5) is 10.5 Å². The van der Waals surface area contributed by atoms with Crippen LogP contribution in [0.15, 0.2) is 36.7 Å². The van der Waals surface area contributed by atoms with Crippen molar-refractivity contribution in [3.8, 4) is 0 Å². The van der Waals surface area contributed by atoms with Gasteiger partial charge in [-0.15, -0.1) is 0 Å². The number of imidazole rings is 1. The predicted octanol–water partition coefficient (Wildman–Crippen LogP) is 2.90. The zero-order valence-electron chi connectivity index (χ0n) is 14.6. The lowest BCUT2D eigenvalue weighted by Gasteiger charge is -2.20. The summed E-state index contributed by atoms with van der Waals surface area (Å²) in [7, 11) is 0. The molecule has 1 aromatic heterocycles. The molecular weight excluding hydrogens is 304 g/mol. The highest BCUT2D eigenvalue weighted by Crippen LogP contribution is 2.16. The monoisotopic (exact) mass is 330 g/mol. The third kappa shape index (κ3) is 4.58. The first-order chi connectivity index (χ1) is 11.5. The first-order valence-corrected chi connectivity index (χ1v) is 8.31. The van der Waals surface area contributed by atoms with E-state index in [2.05, 4.69) is 28.7 Å². The molecule has 0 aliphatic heterocycles. The molecule has 0 atom stereocenters. The van der Waals surface area contributed by atoms with E-state index in [9.17, 15) is 4.79 Å². The van der Waals surface area contributed by atoms with Crippen molar-refractivity contribution in [1.29, 1.82) is 0 Å². The molecule has 2 amide bonds. The molecule has 2 rings (SSSR count). The van der Waals surface area contributed by atoms with Crippen molar-refractivity contribution in [3.05, 3.63) is 48.0 Å². The van der Waals surface area contributed by atoms with Crippen molar-refractivity contribution in [2.24, 2.45) is 0 Å². The number of carbonyl (C=O) groups excluding carboxylic acids is 1. The normalized spacial score (nSPS) is 10.9. The number of urea groups is 1. The highest BCUT2D eigenvalue weighted by atomic mass is 16.3. The fourth-order valence-corrected chi connectivity index (χ4v) is 2.63. The molecule has 0 aliphatic carbocycles. The molecule has 0 saturated carbocycles. The van der Waals surface area contributed by atoms with Gasteiger partial charge in [0.2, 0.25) is 0 Å². The molecular formula is C18H26N4O2. The topological polar surface area (TPSA) is 70.4 Å². The quantitative estimate of drug-likeness (QED) is 0.820. The molecule has 0 saturated heterocycles. The molecule has 0 bridgehead atoms. The number of aromatic nitrogens is 2. The van der Waals surface area contributed by atoms with Crippen LogP contribution in [0.25, 0.3) is 0 Å². The van der Waals surface area contributed by atoms with Crippen molar-refractivity contribution in [1.82, 2.24) is 14.5 Å². The number of aliphatic hydroxyl groups is 1. The van der Waals surface area contributed by atoms with Crippen LogP contribution in [0.2, 0.25) is 0 Å². The lowest BCUT2D eigenvalue weighted by atomic mass is 10.1. The van der Waals surface area contributed by atoms with Crippen LogP contribution in [0, 0.1) is 0 Å². The number of likely N-dealkylation sites (N-methyl/N-ethyl adjacent to an activating group) is 1. The van der Waals surface area contributed by atoms with Crippen LogP contribution < -0.4 is 5.32 Å². The number of anilines is 1. The van der Waals surface area contributed by atoms with Gasteiger partial charge in [0.05, 0.1) is 6.61 Å². The second kappa shape index (κ2) is 8.49. The minimum Gasteiger partial charge on any atom is -0.395 e. The molecule has 0 radical (unpaired) electrons. The van der Waals surface area contributed by atoms with Gasteiger partial charge in [-0.3, -0.25) is 0 Å². The average Bonchev–Trinajstić information content (AvgIpc) is 3.01. The third-order valence-corrected chi connectivity index (χ3v) is 3.83. The second-order valence-electron chi connectivity index (χ2n) is 6.00. The average molecular weight is 330 g/mol. The van der Waals surface area contributed by atoms with Gasteiger partial charge >= 0.3 is 6.03 Å². The Morgan fingerprint density at radius 3 is 2.88 bits per heavy atom. The van der Waals surface area contributed by atoms with E-state index in [1.807, 2.05) is 43.6 Å². The van der Waals surface area contributed by atoms with Gasteiger partial charge in [-0.1, -0.05) is 26.0 Å². The van der Waals surface area contributed by atoms with Gasteiger partial charge in [0.1, 0.15) is 5.82 Å². The van der Waals surface area contributed by atoms with Crippen LogP contribution in [0.1, 0.15) is 38.1 Å². The maximum Gasteiger partial charge on any atom is 0.321 e. The lowest BCUT2D eigenvalue weighted by Crippen LogP contribution is -2.36. The van der Waals surface area contributed by atoms with Gasteiger partial charge in [0.25, 0.3) is 0 Å². The van der Waals surface area contributed by atoms with Crippen LogP contribution in [0.3, 0.4) is 0 Å². The predicted molar refractivity (Wildman–Crippen MR) is 95.2 cm³/mol. The van der Waals surface area contributed by atoms with E-state index in [0.29, 0.717) is 25.6 Å². The number of carbonyl (C=O) groups is 1. The van der Waals surface area contributed by atoms with Crippen LogP contribution in [-0.4, -0.2) is 45.3 Å². The van der Waals surface area contributed by atoms with Gasteiger partial charge in [-0.05, 0) is 24.6 Å². The standard InChI is InChI=1S/C18H26N4O2/c1-4-21(10-11-23)18(24)20-16-7-5-6-15(12-16)13-22-9-8-19-17(22)14(2)3/h5-9,12,14,23H,4,10-11,13H2,1-3H3,(H,20,24). The van der Waals surface area contributed by atoms with Gasteiger partial charge in [0.15, 0.2) is 0 Å². The summed E-state index contributed by atoms with van der Waals surface area (Å²) < 4.78 is 2.12. The number of amides is 2. The Morgan fingerprint density at radius 1 is 1.42 bits per heavy atom. The van der Waals surface area contributed by atoms with Crippen molar-refractivity contribution in [2.45, 2.75) is 33.2 Å². The van der Waals surface area contributed by atoms with Gasteiger partial charge in [0, 0.05) is 43.6 Å². The zero-order valence-corrected chi connectivity index (χ0v) is 14.6. The minimum atomic E-state index is -0.200. The molecule has 6 nitrogen and oxygen atoms in total. The molecule has 130 valence electrons. The van der Waals surface area contributed by atoms with Gasteiger partial charge in [-0.2, -0.15) is 0 Å². The molecule has 2 N–H and O–H groups in total. The van der Waals surface area contributed by atoms with Crippen LogP contribution in [0.5, 0.6) is 0 Å². The number of nitrogens with zero attached hydrogens (tertiary/aromatic N) is 3. The van der Waals surface area contributed by atoms with E-state index < -0.39 is 0 Å². The first kappa shape index (κ1) is 18.0. The third-order valence-electron chi connectivity index (χ3n) is 3.83. The molecule has 1 heterocycles. The highest BCUT2D eigenvalue weighted by molar-refractivity contribution is 5.89. The fraction of sp³-hybridized carbons (Fsp3) is 0.444. The Bertz CT molecular complexity index is 667. The summed E-state index contributed by atoms with van der Waals surface area (Å²) in [6.07, 6.45) is 3.79. The fourth-order valence-electron chi connectivity index (χ4n) is 2.63. The van der Waals surface area contributed by atoms with E-state index in [-0.39, 0.29) is 12.6 Å². The summed E-state index contributed by atoms with van der Waals surface area (Å²) in [6.45, 7) is 7.68. The lowest BCUT2D eigenvalue weighted by molar-refractivity contribution is 0.192. The van der Waals surface area contributed by atoms with Crippen molar-refractivity contribution >= 4 is 11.7 Å².